The highest BCUT2D eigenvalue weighted by Crippen LogP contribution is 2.40. The summed E-state index contributed by atoms with van der Waals surface area (Å²) in [5, 5.41) is 11.1. The minimum absolute atomic E-state index is 0.127. The molecule has 0 amide bonds. The van der Waals surface area contributed by atoms with Gasteiger partial charge >= 0.3 is 6.18 Å². The van der Waals surface area contributed by atoms with E-state index in [0.717, 1.165) is 18.2 Å². The molecule has 0 spiro atoms. The standard InChI is InChI=1S/C13H7ClF3NO2/c14-8-5-6-12(18(19)20)10(7-8)9-3-1-2-4-11(9)13(15,16)17/h1-7H. The minimum atomic E-state index is -4.60. The van der Waals surface area contributed by atoms with Gasteiger partial charge in [-0.1, -0.05) is 29.8 Å². The fourth-order valence-corrected chi connectivity index (χ4v) is 2.02. The Bertz CT molecular complexity index is 671. The molecule has 0 N–H and O–H groups in total. The molecule has 2 aromatic carbocycles. The van der Waals surface area contributed by atoms with Gasteiger partial charge in [0.1, 0.15) is 0 Å². The number of nitrogens with zero attached hydrogens (tertiary/aromatic N) is 1. The number of benzene rings is 2. The van der Waals surface area contributed by atoms with Crippen LogP contribution in [0.3, 0.4) is 0 Å². The number of rotatable bonds is 2. The monoisotopic (exact) mass is 301 g/mol. The minimum Gasteiger partial charge on any atom is -0.258 e. The van der Waals surface area contributed by atoms with Gasteiger partial charge in [-0.2, -0.15) is 13.2 Å². The molecular formula is C13H7ClF3NO2. The average molecular weight is 302 g/mol. The first-order chi connectivity index (χ1) is 9.30. The normalized spacial score (nSPS) is 11.4. The van der Waals surface area contributed by atoms with Crippen molar-refractivity contribution in [3.63, 3.8) is 0 Å². The third-order valence-electron chi connectivity index (χ3n) is 2.68. The number of nitro groups is 1. The average Bonchev–Trinajstić information content (AvgIpc) is 2.37. The molecule has 2 aromatic rings. The van der Waals surface area contributed by atoms with Gasteiger partial charge in [-0.05, 0) is 18.2 Å². The van der Waals surface area contributed by atoms with Crippen LogP contribution < -0.4 is 0 Å². The Labute approximate surface area is 116 Å². The Kier molecular flexibility index (Phi) is 3.67. The van der Waals surface area contributed by atoms with Crippen molar-refractivity contribution in [2.45, 2.75) is 6.18 Å². The van der Waals surface area contributed by atoms with Crippen LogP contribution in [0.1, 0.15) is 5.56 Å². The summed E-state index contributed by atoms with van der Waals surface area (Å²) in [5.74, 6) is 0. The molecule has 0 aliphatic heterocycles. The lowest BCUT2D eigenvalue weighted by Gasteiger charge is -2.13. The molecule has 7 heteroatoms. The summed E-state index contributed by atoms with van der Waals surface area (Å²) >= 11 is 5.73. The zero-order chi connectivity index (χ0) is 14.9. The quantitative estimate of drug-likeness (QED) is 0.583. The molecule has 0 bridgehead atoms. The smallest absolute Gasteiger partial charge is 0.258 e. The zero-order valence-corrected chi connectivity index (χ0v) is 10.6. The third-order valence-corrected chi connectivity index (χ3v) is 2.91. The van der Waals surface area contributed by atoms with E-state index in [2.05, 4.69) is 0 Å². The maximum atomic E-state index is 13.0. The van der Waals surface area contributed by atoms with Gasteiger partial charge in [-0.25, -0.2) is 0 Å². The molecule has 3 nitrogen and oxygen atoms in total. The molecule has 0 fully saturated rings. The van der Waals surface area contributed by atoms with Crippen LogP contribution in [0.4, 0.5) is 18.9 Å². The Morgan fingerprint density at radius 1 is 1.05 bits per heavy atom. The highest BCUT2D eigenvalue weighted by molar-refractivity contribution is 6.31. The molecular weight excluding hydrogens is 295 g/mol. The molecule has 0 aromatic heterocycles. The van der Waals surface area contributed by atoms with Gasteiger partial charge in [-0.15, -0.1) is 0 Å². The van der Waals surface area contributed by atoms with Crippen LogP contribution in [0.5, 0.6) is 0 Å². The Hall–Kier alpha value is -2.08. The fourth-order valence-electron chi connectivity index (χ4n) is 1.85. The van der Waals surface area contributed by atoms with E-state index in [-0.39, 0.29) is 16.1 Å². The SMILES string of the molecule is O=[N+]([O-])c1ccc(Cl)cc1-c1ccccc1C(F)(F)F. The van der Waals surface area contributed by atoms with Crippen LogP contribution in [0.15, 0.2) is 42.5 Å². The van der Waals surface area contributed by atoms with Crippen LogP contribution in [-0.2, 0) is 6.18 Å². The third kappa shape index (κ3) is 2.75. The first kappa shape index (κ1) is 14.3. The first-order valence-corrected chi connectivity index (χ1v) is 5.79. The molecule has 0 aliphatic rings. The number of alkyl halides is 3. The second-order valence-electron chi connectivity index (χ2n) is 3.96. The van der Waals surface area contributed by atoms with E-state index < -0.39 is 22.4 Å². The van der Waals surface area contributed by atoms with Crippen molar-refractivity contribution in [2.75, 3.05) is 0 Å². The zero-order valence-electron chi connectivity index (χ0n) is 9.82. The summed E-state index contributed by atoms with van der Waals surface area (Å²) < 4.78 is 38.9. The van der Waals surface area contributed by atoms with E-state index >= 15 is 0 Å². The van der Waals surface area contributed by atoms with Crippen molar-refractivity contribution in [1.29, 1.82) is 0 Å². The van der Waals surface area contributed by atoms with Crippen molar-refractivity contribution in [3.05, 3.63) is 63.2 Å². The molecule has 0 heterocycles. The molecule has 0 saturated carbocycles. The van der Waals surface area contributed by atoms with Crippen LogP contribution in [0, 0.1) is 10.1 Å². The summed E-state index contributed by atoms with van der Waals surface area (Å²) in [6, 6.07) is 8.17. The lowest BCUT2D eigenvalue weighted by Crippen LogP contribution is -2.07. The predicted octanol–water partition coefficient (Wildman–Crippen LogP) is 4.93. The van der Waals surface area contributed by atoms with Gasteiger partial charge in [0.2, 0.25) is 0 Å². The lowest BCUT2D eigenvalue weighted by atomic mass is 9.98. The summed E-state index contributed by atoms with van der Waals surface area (Å²) in [5.41, 5.74) is -1.79. The van der Waals surface area contributed by atoms with Gasteiger partial charge in [0.15, 0.2) is 0 Å². The van der Waals surface area contributed by atoms with E-state index in [1.165, 1.54) is 24.3 Å². The van der Waals surface area contributed by atoms with Crippen molar-refractivity contribution in [1.82, 2.24) is 0 Å². The van der Waals surface area contributed by atoms with Crippen LogP contribution in [0.2, 0.25) is 5.02 Å². The molecule has 0 aliphatic carbocycles. The van der Waals surface area contributed by atoms with Crippen molar-refractivity contribution in [2.24, 2.45) is 0 Å². The fraction of sp³-hybridized carbons (Fsp3) is 0.0769. The van der Waals surface area contributed by atoms with Crippen LogP contribution in [0.25, 0.3) is 11.1 Å². The van der Waals surface area contributed by atoms with Gasteiger partial charge < -0.3 is 0 Å². The highest BCUT2D eigenvalue weighted by atomic mass is 35.5. The maximum absolute atomic E-state index is 13.0. The molecule has 2 rings (SSSR count). The lowest BCUT2D eigenvalue weighted by molar-refractivity contribution is -0.384. The molecule has 0 unspecified atom stereocenters. The summed E-state index contributed by atoms with van der Waals surface area (Å²) in [6.07, 6.45) is -4.60. The van der Waals surface area contributed by atoms with E-state index in [1.54, 1.807) is 0 Å². The molecule has 0 atom stereocenters. The molecule has 0 saturated heterocycles. The number of halogens is 4. The van der Waals surface area contributed by atoms with Crippen molar-refractivity contribution < 1.29 is 18.1 Å². The van der Waals surface area contributed by atoms with E-state index in [9.17, 15) is 23.3 Å². The Morgan fingerprint density at radius 3 is 2.30 bits per heavy atom. The maximum Gasteiger partial charge on any atom is 0.417 e. The second-order valence-corrected chi connectivity index (χ2v) is 4.40. The van der Waals surface area contributed by atoms with E-state index in [1.807, 2.05) is 0 Å². The van der Waals surface area contributed by atoms with Crippen LogP contribution in [-0.4, -0.2) is 4.92 Å². The number of hydrogen-bond acceptors (Lipinski definition) is 2. The topological polar surface area (TPSA) is 43.1 Å². The largest absolute Gasteiger partial charge is 0.417 e. The van der Waals surface area contributed by atoms with Crippen molar-refractivity contribution in [3.8, 4) is 11.1 Å². The molecule has 104 valence electrons. The Morgan fingerprint density at radius 2 is 1.70 bits per heavy atom. The number of hydrogen-bond donors (Lipinski definition) is 0. The van der Waals surface area contributed by atoms with E-state index in [4.69, 9.17) is 11.6 Å². The van der Waals surface area contributed by atoms with E-state index in [0.29, 0.717) is 0 Å². The predicted molar refractivity (Wildman–Crippen MR) is 68.5 cm³/mol. The molecule has 20 heavy (non-hydrogen) atoms. The summed E-state index contributed by atoms with van der Waals surface area (Å²) in [6.45, 7) is 0. The first-order valence-electron chi connectivity index (χ1n) is 5.41. The summed E-state index contributed by atoms with van der Waals surface area (Å²) in [7, 11) is 0. The van der Waals surface area contributed by atoms with Gasteiger partial charge in [0.25, 0.3) is 5.69 Å². The van der Waals surface area contributed by atoms with Gasteiger partial charge in [0, 0.05) is 16.7 Å². The van der Waals surface area contributed by atoms with Gasteiger partial charge in [-0.3, -0.25) is 10.1 Å². The van der Waals surface area contributed by atoms with Gasteiger partial charge in [0.05, 0.1) is 16.1 Å². The Balaban J connectivity index is 2.75. The molecule has 0 radical (unpaired) electrons. The van der Waals surface area contributed by atoms with Crippen LogP contribution >= 0.6 is 11.6 Å². The second kappa shape index (κ2) is 5.13. The highest BCUT2D eigenvalue weighted by Gasteiger charge is 2.34. The summed E-state index contributed by atoms with van der Waals surface area (Å²) in [4.78, 5) is 10.2. The van der Waals surface area contributed by atoms with Crippen molar-refractivity contribution >= 4 is 17.3 Å². The number of nitro benzene ring substituents is 1.